The Morgan fingerprint density at radius 1 is 0.923 bits per heavy atom. The molecule has 0 spiro atoms. The Morgan fingerprint density at radius 2 is 1.50 bits per heavy atom. The van der Waals surface area contributed by atoms with E-state index in [9.17, 15) is 5.11 Å². The molecule has 0 amide bonds. The van der Waals surface area contributed by atoms with Crippen LogP contribution < -0.4 is 4.74 Å². The first kappa shape index (κ1) is 18.8. The molecule has 2 heteroatoms. The summed E-state index contributed by atoms with van der Waals surface area (Å²) in [6.45, 7) is 15.1. The number of aryl methyl sites for hydroxylation is 4. The summed E-state index contributed by atoms with van der Waals surface area (Å²) in [5, 5.41) is 10.8. The lowest BCUT2D eigenvalue weighted by Crippen LogP contribution is -2.30. The Morgan fingerprint density at radius 3 is 2.12 bits per heavy atom. The second-order valence-corrected chi connectivity index (χ2v) is 9.31. The van der Waals surface area contributed by atoms with Gasteiger partial charge in [0.1, 0.15) is 17.6 Å². The smallest absolute Gasteiger partial charge is 0.126 e. The van der Waals surface area contributed by atoms with E-state index in [0.717, 1.165) is 29.7 Å². The number of ether oxygens (including phenoxy) is 1. The van der Waals surface area contributed by atoms with E-state index in [4.69, 9.17) is 4.74 Å². The van der Waals surface area contributed by atoms with E-state index < -0.39 is 0 Å². The molecule has 1 aliphatic rings. The third kappa shape index (κ3) is 3.75. The van der Waals surface area contributed by atoms with Crippen molar-refractivity contribution in [2.75, 3.05) is 0 Å². The minimum Gasteiger partial charge on any atom is -0.507 e. The first-order valence-electron chi connectivity index (χ1n) is 9.63. The van der Waals surface area contributed by atoms with Gasteiger partial charge in [0, 0.05) is 17.0 Å². The quantitative estimate of drug-likeness (QED) is 0.683. The normalized spacial score (nSPS) is 19.8. The van der Waals surface area contributed by atoms with Crippen LogP contribution in [0.1, 0.15) is 72.9 Å². The van der Waals surface area contributed by atoms with E-state index in [1.54, 1.807) is 0 Å². The van der Waals surface area contributed by atoms with Gasteiger partial charge >= 0.3 is 0 Å². The molecule has 0 bridgehead atoms. The lowest BCUT2D eigenvalue weighted by Gasteiger charge is -2.37. The van der Waals surface area contributed by atoms with E-state index in [0.29, 0.717) is 5.75 Å². The zero-order valence-corrected chi connectivity index (χ0v) is 17.2. The van der Waals surface area contributed by atoms with Gasteiger partial charge in [-0.1, -0.05) is 56.2 Å². The number of fused-ring (bicyclic) bond motifs is 1. The van der Waals surface area contributed by atoms with Gasteiger partial charge in [0.25, 0.3) is 0 Å². The fourth-order valence-corrected chi connectivity index (χ4v) is 4.37. The summed E-state index contributed by atoms with van der Waals surface area (Å²) in [5.41, 5.74) is 7.03. The van der Waals surface area contributed by atoms with E-state index >= 15 is 0 Å². The molecule has 0 saturated heterocycles. The van der Waals surface area contributed by atoms with Crippen molar-refractivity contribution in [1.29, 1.82) is 0 Å². The minimum atomic E-state index is 0.161. The highest BCUT2D eigenvalue weighted by molar-refractivity contribution is 5.55. The van der Waals surface area contributed by atoms with Crippen molar-refractivity contribution in [2.24, 2.45) is 5.41 Å². The number of rotatable bonds is 2. The minimum absolute atomic E-state index is 0.161. The molecular formula is C24H32O2. The van der Waals surface area contributed by atoms with E-state index in [1.807, 2.05) is 13.0 Å². The first-order valence-corrected chi connectivity index (χ1v) is 9.63. The third-order valence-electron chi connectivity index (χ3n) is 5.30. The highest BCUT2D eigenvalue weighted by atomic mass is 16.5. The Labute approximate surface area is 158 Å². The number of hydrogen-bond donors (Lipinski definition) is 1. The zero-order chi connectivity index (χ0) is 19.2. The fraction of sp³-hybridized carbons (Fsp3) is 0.500. The molecule has 2 aromatic rings. The van der Waals surface area contributed by atoms with Gasteiger partial charge in [-0.05, 0) is 57.1 Å². The van der Waals surface area contributed by atoms with Crippen molar-refractivity contribution in [3.05, 3.63) is 57.6 Å². The molecule has 0 fully saturated rings. The van der Waals surface area contributed by atoms with Gasteiger partial charge in [0.15, 0.2) is 0 Å². The van der Waals surface area contributed by atoms with Crippen molar-refractivity contribution >= 4 is 0 Å². The van der Waals surface area contributed by atoms with Gasteiger partial charge in [-0.15, -0.1) is 0 Å². The van der Waals surface area contributed by atoms with E-state index in [-0.39, 0.29) is 17.4 Å². The molecule has 2 unspecified atom stereocenters. The molecule has 1 N–H and O–H groups in total. The van der Waals surface area contributed by atoms with Crippen LogP contribution in [0.2, 0.25) is 0 Å². The van der Waals surface area contributed by atoms with Crippen LogP contribution in [0, 0.1) is 33.1 Å². The number of aromatic hydroxyl groups is 1. The molecule has 26 heavy (non-hydrogen) atoms. The van der Waals surface area contributed by atoms with E-state index in [1.165, 1.54) is 22.3 Å². The predicted octanol–water partition coefficient (Wildman–Crippen LogP) is 6.35. The van der Waals surface area contributed by atoms with Crippen LogP contribution in [0.25, 0.3) is 0 Å². The molecule has 0 saturated carbocycles. The van der Waals surface area contributed by atoms with Gasteiger partial charge in [-0.3, -0.25) is 0 Å². The Bertz CT molecular complexity index is 827. The number of benzene rings is 2. The number of phenols is 1. The highest BCUT2D eigenvalue weighted by Gasteiger charge is 2.34. The van der Waals surface area contributed by atoms with Crippen LogP contribution in [0.5, 0.6) is 11.5 Å². The van der Waals surface area contributed by atoms with Crippen LogP contribution in [-0.4, -0.2) is 11.2 Å². The zero-order valence-electron chi connectivity index (χ0n) is 17.2. The molecule has 2 atom stereocenters. The fourth-order valence-electron chi connectivity index (χ4n) is 4.37. The highest BCUT2D eigenvalue weighted by Crippen LogP contribution is 2.47. The summed E-state index contributed by atoms with van der Waals surface area (Å²) in [6, 6.07) is 8.62. The summed E-state index contributed by atoms with van der Waals surface area (Å²) < 4.78 is 6.46. The van der Waals surface area contributed by atoms with Crippen LogP contribution in [0.4, 0.5) is 0 Å². The second kappa shape index (κ2) is 6.64. The van der Waals surface area contributed by atoms with Crippen LogP contribution in [0.3, 0.4) is 0 Å². The molecule has 2 nitrogen and oxygen atoms in total. The van der Waals surface area contributed by atoms with Crippen LogP contribution in [-0.2, 0) is 0 Å². The first-order chi connectivity index (χ1) is 12.0. The Balaban J connectivity index is 2.15. The molecule has 0 aromatic heterocycles. The average molecular weight is 353 g/mol. The Hall–Kier alpha value is -1.96. The monoisotopic (exact) mass is 352 g/mol. The Kier molecular flexibility index (Phi) is 4.81. The van der Waals surface area contributed by atoms with Gasteiger partial charge in [-0.25, -0.2) is 0 Å². The van der Waals surface area contributed by atoms with Gasteiger partial charge in [0.2, 0.25) is 0 Å². The van der Waals surface area contributed by atoms with Crippen molar-refractivity contribution in [1.82, 2.24) is 0 Å². The molecule has 1 heterocycles. The molecule has 0 radical (unpaired) electrons. The molecular weight excluding hydrogens is 320 g/mol. The average Bonchev–Trinajstić information content (AvgIpc) is 2.49. The largest absolute Gasteiger partial charge is 0.507 e. The lowest BCUT2D eigenvalue weighted by molar-refractivity contribution is 0.115. The summed E-state index contributed by atoms with van der Waals surface area (Å²) in [6.07, 6.45) is 2.07. The van der Waals surface area contributed by atoms with Crippen molar-refractivity contribution < 1.29 is 9.84 Å². The lowest BCUT2D eigenvalue weighted by atomic mass is 9.78. The van der Waals surface area contributed by atoms with Gasteiger partial charge in [0.05, 0.1) is 0 Å². The maximum absolute atomic E-state index is 10.8. The molecule has 2 aromatic carbocycles. The maximum atomic E-state index is 10.8. The summed E-state index contributed by atoms with van der Waals surface area (Å²) in [5.74, 6) is 1.62. The van der Waals surface area contributed by atoms with Crippen molar-refractivity contribution in [2.45, 2.75) is 73.3 Å². The maximum Gasteiger partial charge on any atom is 0.126 e. The van der Waals surface area contributed by atoms with Gasteiger partial charge < -0.3 is 9.84 Å². The van der Waals surface area contributed by atoms with Crippen molar-refractivity contribution in [3.8, 4) is 11.5 Å². The molecule has 140 valence electrons. The SMILES string of the molecule is Cc1cc(C)c(O)c(C2CC(CC(C)(C)C)Oc3c(C)cc(C)cc32)c1. The second-order valence-electron chi connectivity index (χ2n) is 9.31. The van der Waals surface area contributed by atoms with Crippen LogP contribution in [0.15, 0.2) is 24.3 Å². The summed E-state index contributed by atoms with van der Waals surface area (Å²) in [4.78, 5) is 0. The third-order valence-corrected chi connectivity index (χ3v) is 5.30. The summed E-state index contributed by atoms with van der Waals surface area (Å²) >= 11 is 0. The molecule has 1 aliphatic heterocycles. The van der Waals surface area contributed by atoms with E-state index in [2.05, 4.69) is 59.7 Å². The predicted molar refractivity (Wildman–Crippen MR) is 108 cm³/mol. The summed E-state index contributed by atoms with van der Waals surface area (Å²) in [7, 11) is 0. The molecule has 0 aliphatic carbocycles. The van der Waals surface area contributed by atoms with Crippen molar-refractivity contribution in [3.63, 3.8) is 0 Å². The van der Waals surface area contributed by atoms with Gasteiger partial charge in [-0.2, -0.15) is 0 Å². The number of phenolic OH excluding ortho intramolecular Hbond substituents is 1. The van der Waals surface area contributed by atoms with Crippen LogP contribution >= 0.6 is 0 Å². The standard InChI is InChI=1S/C24H32O2/c1-14-8-16(3)22(25)20(10-14)19-12-18(13-24(5,6)7)26-23-17(4)9-15(2)11-21(19)23/h8-11,18-19,25H,12-13H2,1-7H3. The molecule has 3 rings (SSSR count). The number of hydrogen-bond acceptors (Lipinski definition) is 2. The topological polar surface area (TPSA) is 29.5 Å².